The molecule has 0 unspecified atom stereocenters. The minimum atomic E-state index is 0.224. The number of phenols is 1. The van der Waals surface area contributed by atoms with Crippen molar-refractivity contribution < 1.29 is 9.84 Å². The zero-order valence-electron chi connectivity index (χ0n) is 18.0. The minimum absolute atomic E-state index is 0.224. The number of fused-ring (bicyclic) bond motifs is 1. The molecule has 1 aromatic carbocycles. The lowest BCUT2D eigenvalue weighted by molar-refractivity contribution is 0.122. The number of aromatic hydroxyl groups is 1. The Morgan fingerprint density at radius 1 is 1.13 bits per heavy atom. The summed E-state index contributed by atoms with van der Waals surface area (Å²) in [6.07, 6.45) is 0. The predicted octanol–water partition coefficient (Wildman–Crippen LogP) is 3.08. The summed E-state index contributed by atoms with van der Waals surface area (Å²) < 4.78 is 6.70. The molecule has 0 bridgehead atoms. The number of aromatic nitrogens is 2. The van der Waals surface area contributed by atoms with Gasteiger partial charge >= 0.3 is 0 Å². The molecule has 4 heterocycles. The van der Waals surface area contributed by atoms with E-state index in [4.69, 9.17) is 14.7 Å². The number of hydrogen-bond acceptors (Lipinski definition) is 8. The molecule has 2 aromatic heterocycles. The van der Waals surface area contributed by atoms with E-state index in [-0.39, 0.29) is 5.75 Å². The molecule has 2 N–H and O–H groups in total. The van der Waals surface area contributed by atoms with Gasteiger partial charge in [-0.3, -0.25) is 4.90 Å². The maximum absolute atomic E-state index is 9.94. The molecule has 0 radical (unpaired) electrons. The van der Waals surface area contributed by atoms with Gasteiger partial charge in [-0.2, -0.15) is 0 Å². The quantitative estimate of drug-likeness (QED) is 0.647. The van der Waals surface area contributed by atoms with Crippen molar-refractivity contribution in [3.63, 3.8) is 0 Å². The molecule has 2 saturated heterocycles. The van der Waals surface area contributed by atoms with Gasteiger partial charge in [0.25, 0.3) is 0 Å². The molecule has 164 valence electrons. The monoisotopic (exact) mass is 439 g/mol. The summed E-state index contributed by atoms with van der Waals surface area (Å²) in [5, 5.41) is 13.5. The Hall–Kier alpha value is -2.26. The molecule has 2 aliphatic heterocycles. The third kappa shape index (κ3) is 4.52. The molecule has 2 fully saturated rings. The van der Waals surface area contributed by atoms with E-state index in [1.165, 1.54) is 4.88 Å². The number of ether oxygens (including phenoxy) is 1. The maximum atomic E-state index is 9.94. The molecule has 8 heteroatoms. The second-order valence-electron chi connectivity index (χ2n) is 8.61. The number of phenolic OH excluding ortho intramolecular Hbond substituents is 1. The van der Waals surface area contributed by atoms with Crippen molar-refractivity contribution in [2.45, 2.75) is 32.5 Å². The zero-order chi connectivity index (χ0) is 21.4. The number of anilines is 1. The fraction of sp³-hybridized carbons (Fsp3) is 0.478. The summed E-state index contributed by atoms with van der Waals surface area (Å²) in [6, 6.07) is 10.4. The lowest BCUT2D eigenvalue weighted by Gasteiger charge is -2.35. The van der Waals surface area contributed by atoms with E-state index in [9.17, 15) is 5.11 Å². The van der Waals surface area contributed by atoms with Crippen LogP contribution in [0, 0.1) is 0 Å². The third-order valence-corrected chi connectivity index (χ3v) is 6.94. The van der Waals surface area contributed by atoms with Crippen LogP contribution in [0.2, 0.25) is 0 Å². The summed E-state index contributed by atoms with van der Waals surface area (Å²) in [4.78, 5) is 16.0. The first-order chi connectivity index (χ1) is 15.0. The van der Waals surface area contributed by atoms with E-state index < -0.39 is 0 Å². The first-order valence-corrected chi connectivity index (χ1v) is 11.8. The van der Waals surface area contributed by atoms with E-state index in [1.54, 1.807) is 23.5 Å². The second kappa shape index (κ2) is 8.70. The van der Waals surface area contributed by atoms with Gasteiger partial charge in [-0.05, 0) is 32.0 Å². The molecule has 2 aliphatic rings. The predicted molar refractivity (Wildman–Crippen MR) is 125 cm³/mol. The molecule has 0 aliphatic carbocycles. The lowest BCUT2D eigenvalue weighted by Crippen LogP contribution is -2.53. The minimum Gasteiger partial charge on any atom is -0.508 e. The van der Waals surface area contributed by atoms with Crippen molar-refractivity contribution in [3.05, 3.63) is 35.2 Å². The summed E-state index contributed by atoms with van der Waals surface area (Å²) in [5.74, 6) is 1.85. The van der Waals surface area contributed by atoms with Crippen LogP contribution < -0.4 is 10.2 Å². The lowest BCUT2D eigenvalue weighted by atomic mass is 10.1. The molecule has 2 atom stereocenters. The Morgan fingerprint density at radius 2 is 1.90 bits per heavy atom. The van der Waals surface area contributed by atoms with E-state index in [0.29, 0.717) is 31.1 Å². The van der Waals surface area contributed by atoms with E-state index in [1.807, 2.05) is 12.1 Å². The van der Waals surface area contributed by atoms with Crippen LogP contribution in [0.25, 0.3) is 21.6 Å². The van der Waals surface area contributed by atoms with Crippen LogP contribution >= 0.6 is 11.3 Å². The van der Waals surface area contributed by atoms with Crippen molar-refractivity contribution in [2.24, 2.45) is 0 Å². The van der Waals surface area contributed by atoms with Crippen LogP contribution in [0.5, 0.6) is 5.75 Å². The highest BCUT2D eigenvalue weighted by Gasteiger charge is 2.24. The molecule has 7 nitrogen and oxygen atoms in total. The largest absolute Gasteiger partial charge is 0.508 e. The van der Waals surface area contributed by atoms with Crippen LogP contribution in [-0.4, -0.2) is 71.5 Å². The van der Waals surface area contributed by atoms with Gasteiger partial charge in [-0.15, -0.1) is 11.3 Å². The number of rotatable bonds is 4. The van der Waals surface area contributed by atoms with Gasteiger partial charge in [-0.1, -0.05) is 12.1 Å². The normalized spacial score (nSPS) is 22.8. The molecule has 0 spiro atoms. The van der Waals surface area contributed by atoms with Crippen LogP contribution in [0.1, 0.15) is 18.7 Å². The SMILES string of the molecule is C[C@@H]1CN(Cc2cc3nc(-c4cccc(O)c4)nc(N4CCOCC4)c3s2)C[C@H](C)N1. The van der Waals surface area contributed by atoms with Crippen molar-refractivity contribution in [1.82, 2.24) is 20.2 Å². The number of nitrogens with one attached hydrogen (secondary N) is 1. The van der Waals surface area contributed by atoms with E-state index in [0.717, 1.165) is 54.3 Å². The van der Waals surface area contributed by atoms with Crippen LogP contribution in [0.15, 0.2) is 30.3 Å². The van der Waals surface area contributed by atoms with Crippen LogP contribution in [0.4, 0.5) is 5.82 Å². The average Bonchev–Trinajstić information content (AvgIpc) is 3.15. The van der Waals surface area contributed by atoms with E-state index in [2.05, 4.69) is 35.0 Å². The number of benzene rings is 1. The summed E-state index contributed by atoms with van der Waals surface area (Å²) in [6.45, 7) is 10.6. The summed E-state index contributed by atoms with van der Waals surface area (Å²) in [5.41, 5.74) is 1.81. The number of thiophene rings is 1. The molecule has 3 aromatic rings. The highest BCUT2D eigenvalue weighted by molar-refractivity contribution is 7.19. The Labute approximate surface area is 186 Å². The van der Waals surface area contributed by atoms with Crippen molar-refractivity contribution in [2.75, 3.05) is 44.3 Å². The Balaban J connectivity index is 1.53. The number of morpholine rings is 1. The molecule has 5 rings (SSSR count). The number of nitrogens with zero attached hydrogens (tertiary/aromatic N) is 4. The first kappa shape index (κ1) is 20.6. The fourth-order valence-corrected chi connectivity index (χ4v) is 5.75. The average molecular weight is 440 g/mol. The Bertz CT molecular complexity index is 1060. The number of hydrogen-bond donors (Lipinski definition) is 2. The first-order valence-electron chi connectivity index (χ1n) is 11.0. The molecular weight excluding hydrogens is 410 g/mol. The standard InChI is InChI=1S/C23H29N5O2S/c1-15-12-27(13-16(2)24-15)14-19-11-20-21(31-19)23(28-6-8-30-9-7-28)26-22(25-20)17-4-3-5-18(29)10-17/h3-5,10-11,15-16,24,29H,6-9,12-14H2,1-2H3/t15-,16+. The van der Waals surface area contributed by atoms with Crippen molar-refractivity contribution >= 4 is 27.4 Å². The Kier molecular flexibility index (Phi) is 5.79. The maximum Gasteiger partial charge on any atom is 0.162 e. The Morgan fingerprint density at radius 3 is 2.65 bits per heavy atom. The zero-order valence-corrected chi connectivity index (χ0v) is 18.9. The number of piperazine rings is 1. The highest BCUT2D eigenvalue weighted by atomic mass is 32.1. The second-order valence-corrected chi connectivity index (χ2v) is 9.75. The van der Waals surface area contributed by atoms with Gasteiger partial charge in [0.05, 0.1) is 23.4 Å². The summed E-state index contributed by atoms with van der Waals surface area (Å²) >= 11 is 1.80. The topological polar surface area (TPSA) is 73.8 Å². The molecule has 0 saturated carbocycles. The fourth-order valence-electron chi connectivity index (χ4n) is 4.60. The van der Waals surface area contributed by atoms with Crippen molar-refractivity contribution in [1.29, 1.82) is 0 Å². The highest BCUT2D eigenvalue weighted by Crippen LogP contribution is 2.35. The van der Waals surface area contributed by atoms with Gasteiger partial charge in [0.2, 0.25) is 0 Å². The molecule has 31 heavy (non-hydrogen) atoms. The van der Waals surface area contributed by atoms with E-state index >= 15 is 0 Å². The van der Waals surface area contributed by atoms with Gasteiger partial charge in [-0.25, -0.2) is 9.97 Å². The molecule has 0 amide bonds. The van der Waals surface area contributed by atoms with Crippen LogP contribution in [-0.2, 0) is 11.3 Å². The third-order valence-electron chi connectivity index (χ3n) is 5.83. The van der Waals surface area contributed by atoms with Gasteiger partial charge in [0, 0.05) is 55.2 Å². The smallest absolute Gasteiger partial charge is 0.162 e. The van der Waals surface area contributed by atoms with Gasteiger partial charge in [0.15, 0.2) is 11.6 Å². The van der Waals surface area contributed by atoms with Crippen LogP contribution in [0.3, 0.4) is 0 Å². The van der Waals surface area contributed by atoms with Gasteiger partial charge < -0.3 is 20.1 Å². The molecular formula is C23H29N5O2S. The van der Waals surface area contributed by atoms with Crippen molar-refractivity contribution in [3.8, 4) is 17.1 Å². The van der Waals surface area contributed by atoms with Gasteiger partial charge in [0.1, 0.15) is 5.75 Å². The summed E-state index contributed by atoms with van der Waals surface area (Å²) in [7, 11) is 0.